The Bertz CT molecular complexity index is 909. The molecule has 0 saturated heterocycles. The van der Waals surface area contributed by atoms with Crippen LogP contribution in [0.3, 0.4) is 0 Å². The van der Waals surface area contributed by atoms with E-state index < -0.39 is 26.9 Å². The molecule has 1 aromatic heterocycles. The quantitative estimate of drug-likeness (QED) is 0.721. The molecule has 10 heteroatoms. The maximum Gasteiger partial charge on any atom is 0.322 e. The fraction of sp³-hybridized carbons (Fsp3) is 0.556. The molecule has 2 N–H and O–H groups in total. The molecule has 0 bridgehead atoms. The van der Waals surface area contributed by atoms with Crippen LogP contribution in [0.1, 0.15) is 39.5 Å². The third kappa shape index (κ3) is 5.05. The van der Waals surface area contributed by atoms with Gasteiger partial charge in [0.2, 0.25) is 15.8 Å². The molecule has 2 aromatic rings. The molecule has 1 fully saturated rings. The van der Waals surface area contributed by atoms with Gasteiger partial charge in [0.15, 0.2) is 0 Å². The molecule has 0 aliphatic heterocycles. The Balaban J connectivity index is 1.51. The Labute approximate surface area is 163 Å². The number of sulfonamides is 1. The van der Waals surface area contributed by atoms with E-state index in [0.29, 0.717) is 6.54 Å². The monoisotopic (exact) mass is 414 g/mol. The Morgan fingerprint density at radius 3 is 2.57 bits per heavy atom. The zero-order valence-electron chi connectivity index (χ0n) is 15.8. The third-order valence-electron chi connectivity index (χ3n) is 4.97. The largest absolute Gasteiger partial charge is 0.335 e. The smallest absolute Gasteiger partial charge is 0.322 e. The molecule has 1 heterocycles. The van der Waals surface area contributed by atoms with Gasteiger partial charge in [-0.2, -0.15) is 4.98 Å². The molecule has 0 radical (unpaired) electrons. The van der Waals surface area contributed by atoms with Gasteiger partial charge in [0, 0.05) is 18.7 Å². The van der Waals surface area contributed by atoms with E-state index in [1.54, 1.807) is 13.8 Å². The Morgan fingerprint density at radius 1 is 1.21 bits per heavy atom. The molecule has 7 nitrogen and oxygen atoms in total. The SMILES string of the molecule is CC(C)S(=O)(=O)NC[C@H]1CC[C@H](Nc2nc(-c3ccc(F)cc3F)no2)CC1. The fourth-order valence-corrected chi connectivity index (χ4v) is 3.95. The van der Waals surface area contributed by atoms with Crippen LogP contribution in [0.2, 0.25) is 0 Å². The number of nitrogens with zero attached hydrogens (tertiary/aromatic N) is 2. The van der Waals surface area contributed by atoms with Crippen LogP contribution in [0.25, 0.3) is 11.4 Å². The van der Waals surface area contributed by atoms with Crippen LogP contribution in [-0.2, 0) is 10.0 Å². The number of halogens is 2. The van der Waals surface area contributed by atoms with E-state index in [1.807, 2.05) is 0 Å². The predicted octanol–water partition coefficient (Wildman–Crippen LogP) is 3.31. The van der Waals surface area contributed by atoms with E-state index in [0.717, 1.165) is 37.8 Å². The van der Waals surface area contributed by atoms with Gasteiger partial charge in [0.25, 0.3) is 0 Å². The summed E-state index contributed by atoms with van der Waals surface area (Å²) in [6.45, 7) is 3.75. The molecule has 0 amide bonds. The summed E-state index contributed by atoms with van der Waals surface area (Å²) >= 11 is 0. The summed E-state index contributed by atoms with van der Waals surface area (Å²) in [5.74, 6) is -1.08. The van der Waals surface area contributed by atoms with Crippen LogP contribution in [0.5, 0.6) is 0 Å². The lowest BCUT2D eigenvalue weighted by Crippen LogP contribution is -2.37. The normalized spacial score (nSPS) is 20.5. The van der Waals surface area contributed by atoms with Gasteiger partial charge in [-0.25, -0.2) is 21.9 Å². The summed E-state index contributed by atoms with van der Waals surface area (Å²) in [5.41, 5.74) is 0.0688. The number of hydrogen-bond acceptors (Lipinski definition) is 6. The highest BCUT2D eigenvalue weighted by atomic mass is 32.2. The van der Waals surface area contributed by atoms with Crippen LogP contribution in [0.15, 0.2) is 22.7 Å². The lowest BCUT2D eigenvalue weighted by Gasteiger charge is -2.28. The molecule has 0 spiro atoms. The number of aromatic nitrogens is 2. The third-order valence-corrected chi connectivity index (χ3v) is 6.78. The highest BCUT2D eigenvalue weighted by Gasteiger charge is 2.25. The van der Waals surface area contributed by atoms with Gasteiger partial charge in [-0.1, -0.05) is 5.16 Å². The van der Waals surface area contributed by atoms with Gasteiger partial charge in [-0.15, -0.1) is 0 Å². The van der Waals surface area contributed by atoms with Crippen molar-refractivity contribution in [1.82, 2.24) is 14.9 Å². The number of nitrogens with one attached hydrogen (secondary N) is 2. The lowest BCUT2D eigenvalue weighted by molar-refractivity contribution is 0.330. The first kappa shape index (κ1) is 20.7. The zero-order valence-corrected chi connectivity index (χ0v) is 16.6. The minimum absolute atomic E-state index is 0.0526. The molecule has 1 aliphatic rings. The molecule has 154 valence electrons. The maximum atomic E-state index is 13.8. The summed E-state index contributed by atoms with van der Waals surface area (Å²) < 4.78 is 58.3. The topological polar surface area (TPSA) is 97.1 Å². The van der Waals surface area contributed by atoms with Gasteiger partial charge in [0.1, 0.15) is 11.6 Å². The number of benzene rings is 1. The summed E-state index contributed by atoms with van der Waals surface area (Å²) in [4.78, 5) is 4.13. The van der Waals surface area contributed by atoms with Gasteiger partial charge >= 0.3 is 6.01 Å². The summed E-state index contributed by atoms with van der Waals surface area (Å²) in [6, 6.07) is 3.47. The lowest BCUT2D eigenvalue weighted by atomic mass is 9.86. The Kier molecular flexibility index (Phi) is 6.29. The predicted molar refractivity (Wildman–Crippen MR) is 101 cm³/mol. The van der Waals surface area contributed by atoms with E-state index in [9.17, 15) is 17.2 Å². The molecule has 28 heavy (non-hydrogen) atoms. The summed E-state index contributed by atoms with van der Waals surface area (Å²) in [7, 11) is -3.24. The Hall–Kier alpha value is -2.07. The first-order chi connectivity index (χ1) is 13.2. The van der Waals surface area contributed by atoms with Crippen molar-refractivity contribution in [2.45, 2.75) is 50.8 Å². The second-order valence-electron chi connectivity index (χ2n) is 7.35. The zero-order chi connectivity index (χ0) is 20.3. The standard InChI is InChI=1S/C18H24F2N4O3S/c1-11(2)28(25,26)21-10-12-3-6-14(7-4-12)22-18-23-17(24-27-18)15-8-5-13(19)9-16(15)20/h5,8-9,11-12,14,21H,3-4,6-7,10H2,1-2H3,(H,22,23,24)/t12-,14-. The van der Waals surface area contributed by atoms with Crippen molar-refractivity contribution in [2.24, 2.45) is 5.92 Å². The van der Waals surface area contributed by atoms with Crippen LogP contribution in [0.4, 0.5) is 14.8 Å². The van der Waals surface area contributed by atoms with Gasteiger partial charge in [-0.05, 0) is 57.6 Å². The minimum atomic E-state index is -3.24. The van der Waals surface area contributed by atoms with Crippen LogP contribution in [-0.4, -0.2) is 36.4 Å². The molecule has 0 unspecified atom stereocenters. The molecular weight excluding hydrogens is 390 g/mol. The van der Waals surface area contributed by atoms with Crippen molar-refractivity contribution in [3.05, 3.63) is 29.8 Å². The fourth-order valence-electron chi connectivity index (χ4n) is 3.15. The van der Waals surface area contributed by atoms with Gasteiger partial charge in [-0.3, -0.25) is 0 Å². The van der Waals surface area contributed by atoms with Gasteiger partial charge < -0.3 is 9.84 Å². The number of hydrogen-bond donors (Lipinski definition) is 2. The van der Waals surface area contributed by atoms with Crippen LogP contribution < -0.4 is 10.0 Å². The van der Waals surface area contributed by atoms with Crippen molar-refractivity contribution >= 4 is 16.0 Å². The highest BCUT2D eigenvalue weighted by molar-refractivity contribution is 7.90. The van der Waals surface area contributed by atoms with Crippen molar-refractivity contribution in [1.29, 1.82) is 0 Å². The minimum Gasteiger partial charge on any atom is -0.335 e. The number of rotatable bonds is 7. The average Bonchev–Trinajstić information content (AvgIpc) is 3.09. The van der Waals surface area contributed by atoms with Crippen LogP contribution in [0, 0.1) is 17.6 Å². The first-order valence-corrected chi connectivity index (χ1v) is 10.8. The second kappa shape index (κ2) is 8.52. The van der Waals surface area contributed by atoms with Gasteiger partial charge in [0.05, 0.1) is 10.8 Å². The van der Waals surface area contributed by atoms with Crippen molar-refractivity contribution in [3.8, 4) is 11.4 Å². The van der Waals surface area contributed by atoms with E-state index >= 15 is 0 Å². The van der Waals surface area contributed by atoms with E-state index in [4.69, 9.17) is 4.52 Å². The van der Waals surface area contributed by atoms with E-state index in [1.165, 1.54) is 6.07 Å². The van der Waals surface area contributed by atoms with E-state index in [-0.39, 0.29) is 29.4 Å². The molecular formula is C18H24F2N4O3S. The summed E-state index contributed by atoms with van der Waals surface area (Å²) in [6.07, 6.45) is 3.39. The summed E-state index contributed by atoms with van der Waals surface area (Å²) in [5, 5.41) is 6.44. The first-order valence-electron chi connectivity index (χ1n) is 9.28. The maximum absolute atomic E-state index is 13.8. The van der Waals surface area contributed by atoms with Crippen molar-refractivity contribution < 1.29 is 21.7 Å². The van der Waals surface area contributed by atoms with Crippen molar-refractivity contribution in [2.75, 3.05) is 11.9 Å². The molecule has 0 atom stereocenters. The molecule has 1 saturated carbocycles. The van der Waals surface area contributed by atoms with Crippen LogP contribution >= 0.6 is 0 Å². The number of anilines is 1. The van der Waals surface area contributed by atoms with E-state index in [2.05, 4.69) is 20.2 Å². The second-order valence-corrected chi connectivity index (χ2v) is 9.67. The molecule has 3 rings (SSSR count). The average molecular weight is 414 g/mol. The molecule has 1 aliphatic carbocycles. The Morgan fingerprint density at radius 2 is 1.93 bits per heavy atom. The highest BCUT2D eigenvalue weighted by Crippen LogP contribution is 2.27. The van der Waals surface area contributed by atoms with Crippen molar-refractivity contribution in [3.63, 3.8) is 0 Å². The molecule has 1 aromatic carbocycles.